The maximum absolute atomic E-state index is 11.7. The number of Topliss-reactive ketones (excluding diaryl/α,β-unsaturated/α-hetero) is 1. The molecule has 2 rings (SSSR count). The van der Waals surface area contributed by atoms with Gasteiger partial charge >= 0.3 is 0 Å². The third-order valence-corrected chi connectivity index (χ3v) is 3.10. The summed E-state index contributed by atoms with van der Waals surface area (Å²) in [4.78, 5) is 22.8. The third-order valence-electron chi connectivity index (χ3n) is 3.10. The van der Waals surface area contributed by atoms with Crippen molar-refractivity contribution in [2.75, 3.05) is 5.32 Å². The second kappa shape index (κ2) is 4.67. The highest BCUT2D eigenvalue weighted by atomic mass is 16.2. The van der Waals surface area contributed by atoms with Crippen molar-refractivity contribution < 1.29 is 9.59 Å². The second-order valence-electron chi connectivity index (χ2n) is 4.55. The van der Waals surface area contributed by atoms with Crippen LogP contribution in [-0.2, 0) is 4.79 Å². The van der Waals surface area contributed by atoms with Gasteiger partial charge in [0.25, 0.3) is 0 Å². The Bertz CT molecular complexity index is 433. The molecule has 1 amide bonds. The minimum Gasteiger partial charge on any atom is -0.328 e. The van der Waals surface area contributed by atoms with Gasteiger partial charge in [0.15, 0.2) is 5.78 Å². The monoisotopic (exact) mass is 232 g/mol. The fourth-order valence-electron chi connectivity index (χ4n) is 1.91. The summed E-state index contributed by atoms with van der Waals surface area (Å²) in [5.74, 6) is 0.0765. The molecule has 1 fully saturated rings. The summed E-state index contributed by atoms with van der Waals surface area (Å²) in [7, 11) is 0. The fourth-order valence-corrected chi connectivity index (χ4v) is 1.91. The first-order valence-electron chi connectivity index (χ1n) is 5.73. The molecule has 1 aromatic rings. The first-order chi connectivity index (χ1) is 8.06. The van der Waals surface area contributed by atoms with Gasteiger partial charge in [0.1, 0.15) is 0 Å². The van der Waals surface area contributed by atoms with Gasteiger partial charge in [0, 0.05) is 23.2 Å². The average molecular weight is 232 g/mol. The number of amides is 1. The lowest BCUT2D eigenvalue weighted by Crippen LogP contribution is -2.42. The molecule has 0 radical (unpaired) electrons. The van der Waals surface area contributed by atoms with Gasteiger partial charge in [-0.25, -0.2) is 0 Å². The van der Waals surface area contributed by atoms with E-state index < -0.39 is 0 Å². The highest BCUT2D eigenvalue weighted by molar-refractivity contribution is 5.96. The van der Waals surface area contributed by atoms with E-state index in [-0.39, 0.29) is 23.7 Å². The number of anilines is 1. The van der Waals surface area contributed by atoms with Crippen LogP contribution in [0.1, 0.15) is 30.1 Å². The topological polar surface area (TPSA) is 72.2 Å². The Hall–Kier alpha value is -1.68. The summed E-state index contributed by atoms with van der Waals surface area (Å²) in [6.07, 6.45) is 1.52. The lowest BCUT2D eigenvalue weighted by atomic mass is 9.80. The van der Waals surface area contributed by atoms with E-state index in [0.717, 1.165) is 18.5 Å². The molecule has 0 spiro atoms. The maximum atomic E-state index is 11.7. The number of hydrogen-bond donors (Lipinski definition) is 2. The minimum absolute atomic E-state index is 0.0160. The van der Waals surface area contributed by atoms with E-state index >= 15 is 0 Å². The predicted octanol–water partition coefficient (Wildman–Crippen LogP) is 1.57. The summed E-state index contributed by atoms with van der Waals surface area (Å²) >= 11 is 0. The SMILES string of the molecule is CC(=O)c1ccc(NC(=O)C2CC(N)C2)cc1. The number of hydrogen-bond acceptors (Lipinski definition) is 3. The molecule has 0 bridgehead atoms. The van der Waals surface area contributed by atoms with Crippen LogP contribution in [0.25, 0.3) is 0 Å². The quantitative estimate of drug-likeness (QED) is 0.777. The molecule has 0 unspecified atom stereocenters. The number of carbonyl (C=O) groups excluding carboxylic acids is 2. The van der Waals surface area contributed by atoms with Crippen LogP contribution in [0.3, 0.4) is 0 Å². The molecule has 1 aromatic carbocycles. The average Bonchev–Trinajstić information content (AvgIpc) is 2.25. The number of carbonyl (C=O) groups is 2. The zero-order valence-electron chi connectivity index (χ0n) is 9.77. The largest absolute Gasteiger partial charge is 0.328 e. The van der Waals surface area contributed by atoms with Crippen LogP contribution in [0.15, 0.2) is 24.3 Å². The van der Waals surface area contributed by atoms with Crippen LogP contribution < -0.4 is 11.1 Å². The number of nitrogens with one attached hydrogen (secondary N) is 1. The molecule has 0 saturated heterocycles. The highest BCUT2D eigenvalue weighted by Gasteiger charge is 2.31. The molecule has 90 valence electrons. The molecule has 1 saturated carbocycles. The number of rotatable bonds is 3. The van der Waals surface area contributed by atoms with Gasteiger partial charge in [-0.15, -0.1) is 0 Å². The van der Waals surface area contributed by atoms with Crippen LogP contribution in [-0.4, -0.2) is 17.7 Å². The van der Waals surface area contributed by atoms with E-state index in [1.54, 1.807) is 24.3 Å². The second-order valence-corrected chi connectivity index (χ2v) is 4.55. The Morgan fingerprint density at radius 1 is 1.24 bits per heavy atom. The fraction of sp³-hybridized carbons (Fsp3) is 0.385. The maximum Gasteiger partial charge on any atom is 0.227 e. The van der Waals surface area contributed by atoms with Crippen molar-refractivity contribution in [3.05, 3.63) is 29.8 Å². The molecule has 4 heteroatoms. The molecule has 3 N–H and O–H groups in total. The van der Waals surface area contributed by atoms with Gasteiger partial charge < -0.3 is 11.1 Å². The van der Waals surface area contributed by atoms with Crippen molar-refractivity contribution in [1.82, 2.24) is 0 Å². The van der Waals surface area contributed by atoms with Crippen molar-refractivity contribution in [3.63, 3.8) is 0 Å². The standard InChI is InChI=1S/C13H16N2O2/c1-8(16)9-2-4-12(5-3-9)15-13(17)10-6-11(14)7-10/h2-5,10-11H,6-7,14H2,1H3,(H,15,17). The van der Waals surface area contributed by atoms with E-state index in [9.17, 15) is 9.59 Å². The van der Waals surface area contributed by atoms with E-state index in [1.165, 1.54) is 6.92 Å². The van der Waals surface area contributed by atoms with Crippen LogP contribution in [0.5, 0.6) is 0 Å². The van der Waals surface area contributed by atoms with Crippen LogP contribution in [0.2, 0.25) is 0 Å². The Labute approximate surface area is 100 Å². The van der Waals surface area contributed by atoms with E-state index in [4.69, 9.17) is 5.73 Å². The normalized spacial score (nSPS) is 22.7. The minimum atomic E-state index is 0.0160. The third kappa shape index (κ3) is 2.71. The first kappa shape index (κ1) is 11.8. The number of benzene rings is 1. The molecule has 17 heavy (non-hydrogen) atoms. The summed E-state index contributed by atoms with van der Waals surface area (Å²) in [5, 5.41) is 2.82. The van der Waals surface area contributed by atoms with E-state index in [1.807, 2.05) is 0 Å². The van der Waals surface area contributed by atoms with Crippen molar-refractivity contribution in [1.29, 1.82) is 0 Å². The molecule has 0 aliphatic heterocycles. The Morgan fingerprint density at radius 3 is 2.29 bits per heavy atom. The van der Waals surface area contributed by atoms with Gasteiger partial charge in [-0.05, 0) is 44.0 Å². The van der Waals surface area contributed by atoms with Gasteiger partial charge in [0.2, 0.25) is 5.91 Å². The summed E-state index contributed by atoms with van der Waals surface area (Å²) in [5.41, 5.74) is 7.01. The molecule has 0 atom stereocenters. The summed E-state index contributed by atoms with van der Waals surface area (Å²) in [6, 6.07) is 7.08. The van der Waals surface area contributed by atoms with E-state index in [0.29, 0.717) is 5.56 Å². The van der Waals surface area contributed by atoms with Gasteiger partial charge in [-0.1, -0.05) is 0 Å². The Morgan fingerprint density at radius 2 is 1.82 bits per heavy atom. The van der Waals surface area contributed by atoms with Crippen molar-refractivity contribution in [2.45, 2.75) is 25.8 Å². The predicted molar refractivity (Wildman–Crippen MR) is 65.8 cm³/mol. The van der Waals surface area contributed by atoms with Crippen molar-refractivity contribution >= 4 is 17.4 Å². The van der Waals surface area contributed by atoms with Crippen molar-refractivity contribution in [3.8, 4) is 0 Å². The molecule has 4 nitrogen and oxygen atoms in total. The molecule has 0 aromatic heterocycles. The van der Waals surface area contributed by atoms with Crippen LogP contribution in [0.4, 0.5) is 5.69 Å². The summed E-state index contributed by atoms with van der Waals surface area (Å²) < 4.78 is 0. The molecule has 1 aliphatic rings. The van der Waals surface area contributed by atoms with Crippen molar-refractivity contribution in [2.24, 2.45) is 11.7 Å². The smallest absolute Gasteiger partial charge is 0.227 e. The van der Waals surface area contributed by atoms with Gasteiger partial charge in [-0.3, -0.25) is 9.59 Å². The number of nitrogens with two attached hydrogens (primary N) is 1. The molecular weight excluding hydrogens is 216 g/mol. The molecule has 0 heterocycles. The Balaban J connectivity index is 1.95. The van der Waals surface area contributed by atoms with E-state index in [2.05, 4.69) is 5.32 Å². The summed E-state index contributed by atoms with van der Waals surface area (Å²) in [6.45, 7) is 1.52. The molecule has 1 aliphatic carbocycles. The lowest BCUT2D eigenvalue weighted by Gasteiger charge is -2.31. The number of ketones is 1. The van der Waals surface area contributed by atoms with Crippen LogP contribution >= 0.6 is 0 Å². The highest BCUT2D eigenvalue weighted by Crippen LogP contribution is 2.26. The van der Waals surface area contributed by atoms with Gasteiger partial charge in [-0.2, -0.15) is 0 Å². The van der Waals surface area contributed by atoms with Crippen LogP contribution in [0, 0.1) is 5.92 Å². The first-order valence-corrected chi connectivity index (χ1v) is 5.73. The zero-order chi connectivity index (χ0) is 12.4. The lowest BCUT2D eigenvalue weighted by molar-refractivity contribution is -0.122. The van der Waals surface area contributed by atoms with Gasteiger partial charge in [0.05, 0.1) is 0 Å². The Kier molecular flexibility index (Phi) is 3.24. The zero-order valence-corrected chi connectivity index (χ0v) is 9.77. The molecular formula is C13H16N2O2.